The number of benzene rings is 4. The molecule has 39 heavy (non-hydrogen) atoms. The van der Waals surface area contributed by atoms with Gasteiger partial charge in [-0.15, -0.1) is 0 Å². The van der Waals surface area contributed by atoms with Gasteiger partial charge in [0.25, 0.3) is 0 Å². The molecular formula is C30H28ClNO6S. The summed E-state index contributed by atoms with van der Waals surface area (Å²) in [6.07, 6.45) is -0.686. The van der Waals surface area contributed by atoms with Crippen LogP contribution in [0.3, 0.4) is 0 Å². The van der Waals surface area contributed by atoms with Gasteiger partial charge in [0, 0.05) is 18.1 Å². The number of halogens is 1. The summed E-state index contributed by atoms with van der Waals surface area (Å²) < 4.78 is 36.6. The van der Waals surface area contributed by atoms with Crippen molar-refractivity contribution in [2.45, 2.75) is 15.9 Å². The van der Waals surface area contributed by atoms with Crippen LogP contribution in [0.5, 0.6) is 5.75 Å². The molecule has 0 spiro atoms. The second-order valence-electron chi connectivity index (χ2n) is 8.69. The average Bonchev–Trinajstić information content (AvgIpc) is 2.97. The molecule has 202 valence electrons. The smallest absolute Gasteiger partial charge is 0.337 e. The monoisotopic (exact) mass is 565 g/mol. The van der Waals surface area contributed by atoms with Gasteiger partial charge in [-0.1, -0.05) is 48.0 Å². The predicted molar refractivity (Wildman–Crippen MR) is 150 cm³/mol. The van der Waals surface area contributed by atoms with Crippen LogP contribution in [0.2, 0.25) is 5.02 Å². The molecule has 0 aliphatic carbocycles. The molecule has 0 fully saturated rings. The Morgan fingerprint density at radius 2 is 1.49 bits per heavy atom. The minimum atomic E-state index is -3.71. The summed E-state index contributed by atoms with van der Waals surface area (Å²) in [5, 5.41) is 13.9. The Hall–Kier alpha value is -3.69. The van der Waals surface area contributed by atoms with E-state index in [4.69, 9.17) is 21.1 Å². The van der Waals surface area contributed by atoms with Crippen LogP contribution in [-0.2, 0) is 14.6 Å². The van der Waals surface area contributed by atoms with Gasteiger partial charge < -0.3 is 19.9 Å². The highest BCUT2D eigenvalue weighted by Crippen LogP contribution is 2.27. The Bertz CT molecular complexity index is 1500. The van der Waals surface area contributed by atoms with Gasteiger partial charge in [-0.2, -0.15) is 0 Å². The number of aliphatic hydroxyl groups is 1. The first kappa shape index (κ1) is 28.3. The van der Waals surface area contributed by atoms with Crippen molar-refractivity contribution in [2.75, 3.05) is 26.8 Å². The van der Waals surface area contributed by atoms with E-state index in [0.29, 0.717) is 36.0 Å². The highest BCUT2D eigenvalue weighted by molar-refractivity contribution is 7.91. The van der Waals surface area contributed by atoms with E-state index in [0.717, 1.165) is 16.7 Å². The lowest BCUT2D eigenvalue weighted by Gasteiger charge is -2.13. The van der Waals surface area contributed by atoms with Crippen molar-refractivity contribution in [2.24, 2.45) is 0 Å². The number of carbonyl (C=O) groups excluding carboxylic acids is 1. The lowest BCUT2D eigenvalue weighted by atomic mass is 10.0. The van der Waals surface area contributed by atoms with Gasteiger partial charge in [-0.25, -0.2) is 13.2 Å². The number of nitrogens with one attached hydrogen (secondary N) is 1. The first-order chi connectivity index (χ1) is 18.8. The Morgan fingerprint density at radius 3 is 2.08 bits per heavy atom. The number of ether oxygens (including phenoxy) is 2. The van der Waals surface area contributed by atoms with Crippen LogP contribution >= 0.6 is 11.6 Å². The van der Waals surface area contributed by atoms with E-state index in [1.54, 1.807) is 78.9 Å². The summed E-state index contributed by atoms with van der Waals surface area (Å²) in [6.45, 7) is 1.18. The molecule has 4 aromatic carbocycles. The molecule has 7 nitrogen and oxygen atoms in total. The topological polar surface area (TPSA) is 102 Å². The van der Waals surface area contributed by atoms with Crippen molar-refractivity contribution in [3.05, 3.63) is 113 Å². The van der Waals surface area contributed by atoms with Crippen LogP contribution < -0.4 is 10.1 Å². The van der Waals surface area contributed by atoms with Crippen LogP contribution in [0, 0.1) is 0 Å². The quantitative estimate of drug-likeness (QED) is 0.187. The molecule has 9 heteroatoms. The molecule has 0 radical (unpaired) electrons. The highest BCUT2D eigenvalue weighted by atomic mass is 35.5. The normalized spacial score (nSPS) is 12.1. The molecule has 2 N–H and O–H groups in total. The Labute approximate surface area is 232 Å². The van der Waals surface area contributed by atoms with Crippen LogP contribution in [0.25, 0.3) is 11.1 Å². The van der Waals surface area contributed by atoms with Crippen LogP contribution in [0.15, 0.2) is 107 Å². The number of hydrogen-bond acceptors (Lipinski definition) is 7. The summed E-state index contributed by atoms with van der Waals surface area (Å²) in [6, 6.07) is 26.8. The minimum absolute atomic E-state index is 0.160. The summed E-state index contributed by atoms with van der Waals surface area (Å²) in [5.41, 5.74) is 2.85. The fourth-order valence-electron chi connectivity index (χ4n) is 3.91. The zero-order valence-corrected chi connectivity index (χ0v) is 22.8. The molecule has 0 aliphatic heterocycles. The molecule has 0 saturated carbocycles. The largest absolute Gasteiger partial charge is 0.492 e. The van der Waals surface area contributed by atoms with E-state index in [1.165, 1.54) is 19.2 Å². The maximum absolute atomic E-state index is 13.1. The lowest BCUT2D eigenvalue weighted by molar-refractivity contribution is 0.0600. The molecule has 0 bridgehead atoms. The van der Waals surface area contributed by atoms with Gasteiger partial charge in [0.1, 0.15) is 12.4 Å². The highest BCUT2D eigenvalue weighted by Gasteiger charge is 2.18. The number of esters is 1. The molecule has 0 amide bonds. The van der Waals surface area contributed by atoms with Gasteiger partial charge in [0.05, 0.1) is 28.6 Å². The molecule has 0 heterocycles. The van der Waals surface area contributed by atoms with Gasteiger partial charge in [-0.05, 0) is 77.4 Å². The lowest BCUT2D eigenvalue weighted by Crippen LogP contribution is -2.26. The van der Waals surface area contributed by atoms with E-state index < -0.39 is 21.9 Å². The third-order valence-electron chi connectivity index (χ3n) is 6.06. The maximum atomic E-state index is 13.1. The van der Waals surface area contributed by atoms with Crippen molar-refractivity contribution < 1.29 is 27.8 Å². The SMILES string of the molecule is COC(=O)c1ccc(-c2ccc(S(=O)(=O)c3ccc(OCCNC[C@H](O)c4cccc(Cl)c4)cc3)cc2)cc1. The predicted octanol–water partition coefficient (Wildman–Crippen LogP) is 5.33. The van der Waals surface area contributed by atoms with E-state index in [9.17, 15) is 18.3 Å². The van der Waals surface area contributed by atoms with Gasteiger partial charge in [0.15, 0.2) is 0 Å². The van der Waals surface area contributed by atoms with Crippen molar-refractivity contribution in [3.8, 4) is 16.9 Å². The second kappa shape index (κ2) is 12.9. The number of rotatable bonds is 11. The third kappa shape index (κ3) is 7.25. The van der Waals surface area contributed by atoms with Crippen molar-refractivity contribution >= 4 is 27.4 Å². The molecule has 4 aromatic rings. The van der Waals surface area contributed by atoms with E-state index in [2.05, 4.69) is 5.32 Å². The number of hydrogen-bond donors (Lipinski definition) is 2. The van der Waals surface area contributed by atoms with E-state index in [1.807, 2.05) is 6.07 Å². The molecule has 0 saturated heterocycles. The number of methoxy groups -OCH3 is 1. The van der Waals surface area contributed by atoms with Gasteiger partial charge in [-0.3, -0.25) is 0 Å². The average molecular weight is 566 g/mol. The first-order valence-corrected chi connectivity index (χ1v) is 14.0. The van der Waals surface area contributed by atoms with Crippen LogP contribution in [0.4, 0.5) is 0 Å². The van der Waals surface area contributed by atoms with Crippen LogP contribution in [-0.4, -0.2) is 46.3 Å². The summed E-state index contributed by atoms with van der Waals surface area (Å²) in [7, 11) is -2.38. The third-order valence-corrected chi connectivity index (χ3v) is 8.08. The molecule has 0 unspecified atom stereocenters. The zero-order chi connectivity index (χ0) is 27.8. The van der Waals surface area contributed by atoms with Crippen molar-refractivity contribution in [3.63, 3.8) is 0 Å². The number of sulfone groups is 1. The Morgan fingerprint density at radius 1 is 0.897 bits per heavy atom. The standard InChI is InChI=1S/C30H28ClNO6S/c1-37-30(34)23-7-5-21(6-8-23)22-9-13-27(14-10-22)39(35,36)28-15-11-26(12-16-28)38-18-17-32-20-29(33)24-3-2-4-25(31)19-24/h2-16,19,29,32-33H,17-18,20H2,1H3/t29-/m0/s1. The summed E-state index contributed by atoms with van der Waals surface area (Å²) >= 11 is 5.96. The van der Waals surface area contributed by atoms with Gasteiger partial charge in [0.2, 0.25) is 9.84 Å². The first-order valence-electron chi connectivity index (χ1n) is 12.2. The second-order valence-corrected chi connectivity index (χ2v) is 11.1. The number of carbonyl (C=O) groups is 1. The molecular weight excluding hydrogens is 538 g/mol. The van der Waals surface area contributed by atoms with Crippen molar-refractivity contribution in [1.82, 2.24) is 5.32 Å². The molecule has 1 atom stereocenters. The van der Waals surface area contributed by atoms with Crippen LogP contribution in [0.1, 0.15) is 22.0 Å². The van der Waals surface area contributed by atoms with Gasteiger partial charge >= 0.3 is 5.97 Å². The Kier molecular flexibility index (Phi) is 9.37. The fourth-order valence-corrected chi connectivity index (χ4v) is 5.37. The minimum Gasteiger partial charge on any atom is -0.492 e. The summed E-state index contributed by atoms with van der Waals surface area (Å²) in [5.74, 6) is 0.123. The Balaban J connectivity index is 1.30. The zero-order valence-electron chi connectivity index (χ0n) is 21.2. The summed E-state index contributed by atoms with van der Waals surface area (Å²) in [4.78, 5) is 11.9. The van der Waals surface area contributed by atoms with E-state index >= 15 is 0 Å². The molecule has 4 rings (SSSR count). The maximum Gasteiger partial charge on any atom is 0.337 e. The van der Waals surface area contributed by atoms with E-state index in [-0.39, 0.29) is 9.79 Å². The number of aliphatic hydroxyl groups excluding tert-OH is 1. The fraction of sp³-hybridized carbons (Fsp3) is 0.167. The molecule has 0 aromatic heterocycles. The molecule has 0 aliphatic rings. The van der Waals surface area contributed by atoms with Crippen molar-refractivity contribution in [1.29, 1.82) is 0 Å².